The molecule has 3 heterocycles. The summed E-state index contributed by atoms with van der Waals surface area (Å²) < 4.78 is 5.58. The Bertz CT molecular complexity index is 499. The maximum absolute atomic E-state index is 5.58. The van der Waals surface area contributed by atoms with Gasteiger partial charge in [0.2, 0.25) is 0 Å². The summed E-state index contributed by atoms with van der Waals surface area (Å²) in [5.74, 6) is 1.79. The van der Waals surface area contributed by atoms with Crippen molar-refractivity contribution in [3.8, 4) is 11.5 Å². The van der Waals surface area contributed by atoms with E-state index in [2.05, 4.69) is 20.6 Å². The van der Waals surface area contributed by atoms with Gasteiger partial charge in [-0.1, -0.05) is 0 Å². The maximum Gasteiger partial charge on any atom is 0.186 e. The molecule has 5 heteroatoms. The zero-order valence-corrected chi connectivity index (χ0v) is 10.6. The van der Waals surface area contributed by atoms with Crippen molar-refractivity contribution in [2.45, 2.75) is 6.92 Å². The predicted molar refractivity (Wildman–Crippen MR) is 69.6 cm³/mol. The molecule has 0 spiro atoms. The SMILES string of the molecule is Cc1ccc(-c2csc(N3CCNCC3)n2)o1. The first-order chi connectivity index (χ1) is 8.33. The Hall–Kier alpha value is -1.33. The van der Waals surface area contributed by atoms with Crippen LogP contribution in [-0.4, -0.2) is 31.2 Å². The van der Waals surface area contributed by atoms with Gasteiger partial charge in [-0.15, -0.1) is 11.3 Å². The molecule has 1 aliphatic heterocycles. The van der Waals surface area contributed by atoms with Crippen molar-refractivity contribution >= 4 is 16.5 Å². The van der Waals surface area contributed by atoms with Crippen molar-refractivity contribution in [2.24, 2.45) is 0 Å². The largest absolute Gasteiger partial charge is 0.460 e. The standard InChI is InChI=1S/C12H15N3OS/c1-9-2-3-11(16-9)10-8-17-12(14-10)15-6-4-13-5-7-15/h2-3,8,13H,4-7H2,1H3. The Morgan fingerprint density at radius 3 is 2.88 bits per heavy atom. The van der Waals surface area contributed by atoms with E-state index in [1.807, 2.05) is 19.1 Å². The smallest absolute Gasteiger partial charge is 0.186 e. The molecule has 1 fully saturated rings. The zero-order valence-electron chi connectivity index (χ0n) is 9.77. The summed E-state index contributed by atoms with van der Waals surface area (Å²) in [5.41, 5.74) is 0.941. The van der Waals surface area contributed by atoms with Gasteiger partial charge in [-0.25, -0.2) is 4.98 Å². The van der Waals surface area contributed by atoms with Crippen LogP contribution in [0.2, 0.25) is 0 Å². The van der Waals surface area contributed by atoms with Gasteiger partial charge in [0.1, 0.15) is 11.5 Å². The van der Waals surface area contributed by atoms with Crippen LogP contribution in [0, 0.1) is 6.92 Å². The van der Waals surface area contributed by atoms with Gasteiger partial charge in [0.05, 0.1) is 0 Å². The number of hydrogen-bond acceptors (Lipinski definition) is 5. The molecule has 0 bridgehead atoms. The number of aryl methyl sites for hydroxylation is 1. The van der Waals surface area contributed by atoms with Crippen LogP contribution in [0.4, 0.5) is 5.13 Å². The number of rotatable bonds is 2. The van der Waals surface area contributed by atoms with Gasteiger partial charge >= 0.3 is 0 Å². The van der Waals surface area contributed by atoms with Crippen LogP contribution in [0.1, 0.15) is 5.76 Å². The van der Waals surface area contributed by atoms with Crippen molar-refractivity contribution in [3.63, 3.8) is 0 Å². The number of thiazole rings is 1. The molecule has 17 heavy (non-hydrogen) atoms. The first kappa shape index (κ1) is 10.8. The Morgan fingerprint density at radius 2 is 2.18 bits per heavy atom. The van der Waals surface area contributed by atoms with Gasteiger partial charge in [0, 0.05) is 31.6 Å². The summed E-state index contributed by atoms with van der Waals surface area (Å²) in [6, 6.07) is 3.95. The highest BCUT2D eigenvalue weighted by molar-refractivity contribution is 7.14. The Kier molecular flexibility index (Phi) is 2.86. The molecule has 2 aromatic heterocycles. The molecule has 0 unspecified atom stereocenters. The second kappa shape index (κ2) is 4.50. The van der Waals surface area contributed by atoms with E-state index in [0.717, 1.165) is 48.5 Å². The minimum absolute atomic E-state index is 0.861. The van der Waals surface area contributed by atoms with E-state index in [9.17, 15) is 0 Å². The van der Waals surface area contributed by atoms with Crippen molar-refractivity contribution in [1.82, 2.24) is 10.3 Å². The Balaban J connectivity index is 1.82. The van der Waals surface area contributed by atoms with Crippen molar-refractivity contribution in [2.75, 3.05) is 31.1 Å². The summed E-state index contributed by atoms with van der Waals surface area (Å²) in [6.45, 7) is 6.09. The van der Waals surface area contributed by atoms with E-state index in [1.165, 1.54) is 0 Å². The van der Waals surface area contributed by atoms with Crippen molar-refractivity contribution < 1.29 is 4.42 Å². The topological polar surface area (TPSA) is 41.3 Å². The predicted octanol–water partition coefficient (Wildman–Crippen LogP) is 2.12. The van der Waals surface area contributed by atoms with E-state index >= 15 is 0 Å². The van der Waals surface area contributed by atoms with Crippen LogP contribution in [0.25, 0.3) is 11.5 Å². The first-order valence-electron chi connectivity index (χ1n) is 5.81. The molecule has 3 rings (SSSR count). The third-order valence-corrected chi connectivity index (χ3v) is 3.77. The Labute approximate surface area is 104 Å². The molecule has 0 aliphatic carbocycles. The van der Waals surface area contributed by atoms with Gasteiger partial charge in [-0.2, -0.15) is 0 Å². The van der Waals surface area contributed by atoms with Crippen LogP contribution in [0.15, 0.2) is 21.9 Å². The van der Waals surface area contributed by atoms with Gasteiger partial charge in [-0.05, 0) is 19.1 Å². The molecule has 0 amide bonds. The average Bonchev–Trinajstić information content (AvgIpc) is 2.98. The highest BCUT2D eigenvalue weighted by Gasteiger charge is 2.15. The average molecular weight is 249 g/mol. The maximum atomic E-state index is 5.58. The summed E-state index contributed by atoms with van der Waals surface area (Å²) in [5, 5.41) is 6.50. The Morgan fingerprint density at radius 1 is 1.35 bits per heavy atom. The van der Waals surface area contributed by atoms with Gasteiger partial charge in [-0.3, -0.25) is 0 Å². The van der Waals surface area contributed by atoms with Crippen molar-refractivity contribution in [1.29, 1.82) is 0 Å². The van der Waals surface area contributed by atoms with Crippen molar-refractivity contribution in [3.05, 3.63) is 23.3 Å². The van der Waals surface area contributed by atoms with E-state index in [1.54, 1.807) is 11.3 Å². The van der Waals surface area contributed by atoms with Gasteiger partial charge in [0.15, 0.2) is 10.9 Å². The minimum atomic E-state index is 0.861. The fourth-order valence-electron chi connectivity index (χ4n) is 1.95. The summed E-state index contributed by atoms with van der Waals surface area (Å²) in [7, 11) is 0. The minimum Gasteiger partial charge on any atom is -0.460 e. The normalized spacial score (nSPS) is 16.4. The molecule has 0 aromatic carbocycles. The summed E-state index contributed by atoms with van der Waals surface area (Å²) in [6.07, 6.45) is 0. The van der Waals surface area contributed by atoms with Crippen LogP contribution in [0.3, 0.4) is 0 Å². The molecule has 0 saturated carbocycles. The number of nitrogens with one attached hydrogen (secondary N) is 1. The monoisotopic (exact) mass is 249 g/mol. The number of piperazine rings is 1. The highest BCUT2D eigenvalue weighted by Crippen LogP contribution is 2.28. The molecule has 0 radical (unpaired) electrons. The number of hydrogen-bond donors (Lipinski definition) is 1. The molecule has 4 nitrogen and oxygen atoms in total. The highest BCUT2D eigenvalue weighted by atomic mass is 32.1. The number of nitrogens with zero attached hydrogens (tertiary/aromatic N) is 2. The lowest BCUT2D eigenvalue weighted by Crippen LogP contribution is -2.43. The summed E-state index contributed by atoms with van der Waals surface area (Å²) in [4.78, 5) is 6.96. The van der Waals surface area contributed by atoms with Gasteiger partial charge < -0.3 is 14.6 Å². The lowest BCUT2D eigenvalue weighted by molar-refractivity contribution is 0.546. The van der Waals surface area contributed by atoms with Crippen LogP contribution >= 0.6 is 11.3 Å². The fraction of sp³-hybridized carbons (Fsp3) is 0.417. The number of anilines is 1. The van der Waals surface area contributed by atoms with Gasteiger partial charge in [0.25, 0.3) is 0 Å². The lowest BCUT2D eigenvalue weighted by atomic mass is 10.3. The van der Waals surface area contributed by atoms with Crippen LogP contribution in [0.5, 0.6) is 0 Å². The van der Waals surface area contributed by atoms with Crippen LogP contribution < -0.4 is 10.2 Å². The number of aromatic nitrogens is 1. The van der Waals surface area contributed by atoms with E-state index in [4.69, 9.17) is 4.42 Å². The lowest BCUT2D eigenvalue weighted by Gasteiger charge is -2.26. The summed E-state index contributed by atoms with van der Waals surface area (Å²) >= 11 is 1.69. The van der Waals surface area contributed by atoms with E-state index in [-0.39, 0.29) is 0 Å². The molecule has 0 atom stereocenters. The molecule has 1 saturated heterocycles. The molecule has 2 aromatic rings. The third kappa shape index (κ3) is 2.21. The molecular formula is C12H15N3OS. The molecule has 90 valence electrons. The zero-order chi connectivity index (χ0) is 11.7. The molecular weight excluding hydrogens is 234 g/mol. The number of furan rings is 1. The second-order valence-corrected chi connectivity index (χ2v) is 5.00. The quantitative estimate of drug-likeness (QED) is 0.885. The van der Waals surface area contributed by atoms with Crippen LogP contribution in [-0.2, 0) is 0 Å². The molecule has 1 aliphatic rings. The third-order valence-electron chi connectivity index (χ3n) is 2.87. The second-order valence-electron chi connectivity index (χ2n) is 4.16. The van der Waals surface area contributed by atoms with E-state index < -0.39 is 0 Å². The first-order valence-corrected chi connectivity index (χ1v) is 6.69. The van der Waals surface area contributed by atoms with E-state index in [0.29, 0.717) is 0 Å². The fourth-order valence-corrected chi connectivity index (χ4v) is 2.82. The molecule has 1 N–H and O–H groups in total.